The van der Waals surface area contributed by atoms with Crippen LogP contribution in [-0.2, 0) is 6.54 Å². The zero-order chi connectivity index (χ0) is 9.52. The number of hydrogen-bond acceptors (Lipinski definition) is 2. The summed E-state index contributed by atoms with van der Waals surface area (Å²) in [5.74, 6) is 0.930. The quantitative estimate of drug-likeness (QED) is 0.548. The molecule has 0 spiro atoms. The predicted molar refractivity (Wildman–Crippen MR) is 54.9 cm³/mol. The fourth-order valence-corrected chi connectivity index (χ4v) is 1.16. The van der Waals surface area contributed by atoms with Gasteiger partial charge in [0.1, 0.15) is 5.75 Å². The second-order valence-electron chi connectivity index (χ2n) is 2.73. The van der Waals surface area contributed by atoms with Crippen molar-refractivity contribution in [2.24, 2.45) is 0 Å². The summed E-state index contributed by atoms with van der Waals surface area (Å²) in [6.45, 7) is 5.27. The third-order valence-electron chi connectivity index (χ3n) is 1.80. The number of nitrogens with one attached hydrogen (secondary N) is 1. The first-order valence-corrected chi connectivity index (χ1v) is 4.32. The summed E-state index contributed by atoms with van der Waals surface area (Å²) >= 11 is 0. The van der Waals surface area contributed by atoms with Crippen molar-refractivity contribution in [1.29, 1.82) is 0 Å². The van der Waals surface area contributed by atoms with Gasteiger partial charge < -0.3 is 10.1 Å². The zero-order valence-electron chi connectivity index (χ0n) is 7.92. The lowest BCUT2D eigenvalue weighted by Gasteiger charge is -2.07. The molecule has 0 amide bonds. The van der Waals surface area contributed by atoms with E-state index in [1.165, 1.54) is 5.56 Å². The van der Waals surface area contributed by atoms with E-state index < -0.39 is 0 Å². The second kappa shape index (κ2) is 5.38. The molecule has 0 atom stereocenters. The van der Waals surface area contributed by atoms with Crippen LogP contribution in [0.1, 0.15) is 5.56 Å². The molecule has 0 saturated carbocycles. The molecule has 1 rings (SSSR count). The Morgan fingerprint density at radius 3 is 2.92 bits per heavy atom. The molecule has 0 radical (unpaired) electrons. The molecule has 1 aromatic carbocycles. The average molecular weight is 177 g/mol. The van der Waals surface area contributed by atoms with Gasteiger partial charge in [-0.1, -0.05) is 24.3 Å². The normalized spacial score (nSPS) is 9.62. The first kappa shape index (κ1) is 9.81. The van der Waals surface area contributed by atoms with Crippen molar-refractivity contribution >= 4 is 0 Å². The number of rotatable bonds is 5. The largest absolute Gasteiger partial charge is 0.496 e. The summed E-state index contributed by atoms with van der Waals surface area (Å²) in [6.07, 6.45) is 1.84. The summed E-state index contributed by atoms with van der Waals surface area (Å²) in [7, 11) is 1.69. The van der Waals surface area contributed by atoms with Crippen LogP contribution in [-0.4, -0.2) is 13.7 Å². The van der Waals surface area contributed by atoms with Gasteiger partial charge in [0.15, 0.2) is 0 Å². The van der Waals surface area contributed by atoms with Crippen LogP contribution in [0.5, 0.6) is 5.75 Å². The lowest BCUT2D eigenvalue weighted by Crippen LogP contribution is -2.13. The third kappa shape index (κ3) is 2.92. The lowest BCUT2D eigenvalue weighted by atomic mass is 10.2. The molecule has 0 unspecified atom stereocenters. The van der Waals surface area contributed by atoms with Crippen LogP contribution >= 0.6 is 0 Å². The third-order valence-corrected chi connectivity index (χ3v) is 1.80. The Labute approximate surface area is 79.2 Å². The molecule has 0 aliphatic heterocycles. The first-order valence-electron chi connectivity index (χ1n) is 4.32. The number of benzene rings is 1. The summed E-state index contributed by atoms with van der Waals surface area (Å²) in [6, 6.07) is 7.99. The van der Waals surface area contributed by atoms with Gasteiger partial charge in [0.05, 0.1) is 7.11 Å². The Morgan fingerprint density at radius 1 is 1.46 bits per heavy atom. The van der Waals surface area contributed by atoms with Crippen molar-refractivity contribution in [2.45, 2.75) is 6.54 Å². The molecule has 2 nitrogen and oxygen atoms in total. The minimum atomic E-state index is 0.816. The smallest absolute Gasteiger partial charge is 0.123 e. The molecule has 0 bridgehead atoms. The monoisotopic (exact) mass is 177 g/mol. The lowest BCUT2D eigenvalue weighted by molar-refractivity contribution is 0.408. The van der Waals surface area contributed by atoms with E-state index in [2.05, 4.69) is 18.0 Å². The topological polar surface area (TPSA) is 21.3 Å². The summed E-state index contributed by atoms with van der Waals surface area (Å²) in [5.41, 5.74) is 1.17. The molecule has 2 heteroatoms. The van der Waals surface area contributed by atoms with Gasteiger partial charge in [-0.15, -0.1) is 6.58 Å². The maximum Gasteiger partial charge on any atom is 0.123 e. The number of methoxy groups -OCH3 is 1. The van der Waals surface area contributed by atoms with E-state index in [1.54, 1.807) is 7.11 Å². The van der Waals surface area contributed by atoms with Crippen LogP contribution in [0.15, 0.2) is 36.9 Å². The zero-order valence-corrected chi connectivity index (χ0v) is 7.92. The fraction of sp³-hybridized carbons (Fsp3) is 0.273. The summed E-state index contributed by atoms with van der Waals surface area (Å²) in [5, 5.41) is 3.23. The molecule has 0 fully saturated rings. The Balaban J connectivity index is 2.58. The Bertz CT molecular complexity index is 271. The van der Waals surface area contributed by atoms with Gasteiger partial charge >= 0.3 is 0 Å². The van der Waals surface area contributed by atoms with Gasteiger partial charge in [-0.3, -0.25) is 0 Å². The van der Waals surface area contributed by atoms with Crippen molar-refractivity contribution in [3.63, 3.8) is 0 Å². The molecule has 0 aromatic heterocycles. The van der Waals surface area contributed by atoms with Crippen molar-refractivity contribution < 1.29 is 4.74 Å². The van der Waals surface area contributed by atoms with Crippen LogP contribution in [0.4, 0.5) is 0 Å². The minimum absolute atomic E-state index is 0.816. The van der Waals surface area contributed by atoms with Crippen molar-refractivity contribution in [3.8, 4) is 5.75 Å². The standard InChI is InChI=1S/C11H15NO/c1-3-8-12-9-10-6-4-5-7-11(10)13-2/h3-7,12H,1,8-9H2,2H3. The van der Waals surface area contributed by atoms with Crippen LogP contribution in [0.3, 0.4) is 0 Å². The van der Waals surface area contributed by atoms with Gasteiger partial charge in [-0.2, -0.15) is 0 Å². The van der Waals surface area contributed by atoms with Crippen LogP contribution in [0.25, 0.3) is 0 Å². The first-order chi connectivity index (χ1) is 6.38. The molecular weight excluding hydrogens is 162 g/mol. The van der Waals surface area contributed by atoms with Gasteiger partial charge in [0.25, 0.3) is 0 Å². The highest BCUT2D eigenvalue weighted by Crippen LogP contribution is 2.16. The molecule has 70 valence electrons. The molecule has 0 aliphatic carbocycles. The highest BCUT2D eigenvalue weighted by molar-refractivity contribution is 5.32. The van der Waals surface area contributed by atoms with E-state index in [4.69, 9.17) is 4.74 Å². The van der Waals surface area contributed by atoms with E-state index in [0.29, 0.717) is 0 Å². The number of hydrogen-bond donors (Lipinski definition) is 1. The summed E-state index contributed by atoms with van der Waals surface area (Å²) in [4.78, 5) is 0. The molecule has 1 aromatic rings. The van der Waals surface area contributed by atoms with Gasteiger partial charge in [0.2, 0.25) is 0 Å². The van der Waals surface area contributed by atoms with Crippen LogP contribution in [0, 0.1) is 0 Å². The van der Waals surface area contributed by atoms with E-state index in [-0.39, 0.29) is 0 Å². The molecule has 0 aliphatic rings. The molecule has 1 N–H and O–H groups in total. The Morgan fingerprint density at radius 2 is 2.23 bits per heavy atom. The van der Waals surface area contributed by atoms with Gasteiger partial charge in [-0.05, 0) is 6.07 Å². The predicted octanol–water partition coefficient (Wildman–Crippen LogP) is 1.97. The highest BCUT2D eigenvalue weighted by atomic mass is 16.5. The molecular formula is C11H15NO. The van der Waals surface area contributed by atoms with Crippen molar-refractivity contribution in [1.82, 2.24) is 5.32 Å². The second-order valence-corrected chi connectivity index (χ2v) is 2.73. The number of ether oxygens (including phenoxy) is 1. The van der Waals surface area contributed by atoms with E-state index in [9.17, 15) is 0 Å². The molecule has 0 saturated heterocycles. The Hall–Kier alpha value is -1.28. The van der Waals surface area contributed by atoms with Crippen LogP contribution in [0.2, 0.25) is 0 Å². The van der Waals surface area contributed by atoms with Gasteiger partial charge in [0, 0.05) is 18.7 Å². The van der Waals surface area contributed by atoms with Gasteiger partial charge in [-0.25, -0.2) is 0 Å². The highest BCUT2D eigenvalue weighted by Gasteiger charge is 1.98. The molecule has 13 heavy (non-hydrogen) atoms. The van der Waals surface area contributed by atoms with Crippen molar-refractivity contribution in [2.75, 3.05) is 13.7 Å². The maximum atomic E-state index is 5.21. The van der Waals surface area contributed by atoms with Crippen LogP contribution < -0.4 is 10.1 Å². The van der Waals surface area contributed by atoms with E-state index in [0.717, 1.165) is 18.8 Å². The maximum absolute atomic E-state index is 5.21. The number of para-hydroxylation sites is 1. The van der Waals surface area contributed by atoms with Crippen molar-refractivity contribution in [3.05, 3.63) is 42.5 Å². The fourth-order valence-electron chi connectivity index (χ4n) is 1.16. The van der Waals surface area contributed by atoms with E-state index >= 15 is 0 Å². The molecule has 0 heterocycles. The van der Waals surface area contributed by atoms with E-state index in [1.807, 2.05) is 24.3 Å². The Kier molecular flexibility index (Phi) is 4.06. The summed E-state index contributed by atoms with van der Waals surface area (Å²) < 4.78 is 5.21. The average Bonchev–Trinajstić information content (AvgIpc) is 2.19. The SMILES string of the molecule is C=CCNCc1ccccc1OC. The minimum Gasteiger partial charge on any atom is -0.496 e.